The maximum Gasteiger partial charge on any atom is 0.224 e. The van der Waals surface area contributed by atoms with Crippen LogP contribution in [0.25, 0.3) is 0 Å². The Hall–Kier alpha value is -1.17. The van der Waals surface area contributed by atoms with Gasteiger partial charge in [-0.25, -0.2) is 4.39 Å². The molecule has 1 amide bonds. The average Bonchev–Trinajstić information content (AvgIpc) is 2.42. The first-order valence-electron chi connectivity index (χ1n) is 6.50. The van der Waals surface area contributed by atoms with Crippen molar-refractivity contribution in [3.05, 3.63) is 34.6 Å². The van der Waals surface area contributed by atoms with Gasteiger partial charge in [-0.2, -0.15) is 0 Å². The summed E-state index contributed by atoms with van der Waals surface area (Å²) in [6, 6.07) is 4.30. The fourth-order valence-electron chi connectivity index (χ4n) is 2.12. The molecule has 2 rings (SSSR count). The summed E-state index contributed by atoms with van der Waals surface area (Å²) in [6.45, 7) is 1.10. The first-order valence-corrected chi connectivity index (χ1v) is 6.88. The molecule has 1 aromatic carbocycles. The van der Waals surface area contributed by atoms with Gasteiger partial charge in [-0.05, 0) is 12.1 Å². The monoisotopic (exact) mass is 301 g/mol. The molecule has 1 fully saturated rings. The number of ether oxygens (including phenoxy) is 1. The molecule has 0 saturated carbocycles. The molecule has 1 aliphatic heterocycles. The van der Waals surface area contributed by atoms with E-state index in [2.05, 4.69) is 5.32 Å². The van der Waals surface area contributed by atoms with E-state index in [1.54, 1.807) is 6.07 Å². The van der Waals surface area contributed by atoms with Crippen molar-refractivity contribution in [3.63, 3.8) is 0 Å². The van der Waals surface area contributed by atoms with Gasteiger partial charge >= 0.3 is 0 Å². The normalized spacial score (nSPS) is 17.8. The number of aliphatic hydroxyl groups is 1. The molecule has 0 unspecified atom stereocenters. The lowest BCUT2D eigenvalue weighted by molar-refractivity contribution is -0.123. The van der Waals surface area contributed by atoms with E-state index in [1.165, 1.54) is 12.1 Å². The zero-order valence-electron chi connectivity index (χ0n) is 11.0. The standard InChI is InChI=1S/C14H17ClFNO3/c15-11-2-1-3-12(16)10(11)8-13(18)17-9-14(19)4-6-20-7-5-14/h1-3,19H,4-9H2,(H,17,18). The predicted molar refractivity (Wildman–Crippen MR) is 73.1 cm³/mol. The van der Waals surface area contributed by atoms with Crippen LogP contribution in [0.1, 0.15) is 18.4 Å². The van der Waals surface area contributed by atoms with Crippen LogP contribution < -0.4 is 5.32 Å². The number of hydrogen-bond acceptors (Lipinski definition) is 3. The SMILES string of the molecule is O=C(Cc1c(F)cccc1Cl)NCC1(O)CCOCC1. The van der Waals surface area contributed by atoms with E-state index >= 15 is 0 Å². The summed E-state index contributed by atoms with van der Waals surface area (Å²) in [5, 5.41) is 13.1. The molecule has 20 heavy (non-hydrogen) atoms. The second kappa shape index (κ2) is 6.52. The van der Waals surface area contributed by atoms with Crippen LogP contribution in [0.15, 0.2) is 18.2 Å². The van der Waals surface area contributed by atoms with Crippen LogP contribution in [0, 0.1) is 5.82 Å². The highest BCUT2D eigenvalue weighted by Crippen LogP contribution is 2.21. The van der Waals surface area contributed by atoms with Crippen LogP contribution in [0.4, 0.5) is 4.39 Å². The minimum atomic E-state index is -0.938. The van der Waals surface area contributed by atoms with Crippen molar-refractivity contribution in [1.82, 2.24) is 5.32 Å². The molecule has 0 aliphatic carbocycles. The van der Waals surface area contributed by atoms with E-state index in [9.17, 15) is 14.3 Å². The molecule has 0 aromatic heterocycles. The maximum atomic E-state index is 13.6. The third-order valence-electron chi connectivity index (χ3n) is 3.44. The second-order valence-electron chi connectivity index (χ2n) is 4.99. The van der Waals surface area contributed by atoms with Crippen molar-refractivity contribution >= 4 is 17.5 Å². The molecule has 6 heteroatoms. The van der Waals surface area contributed by atoms with Crippen molar-refractivity contribution in [2.24, 2.45) is 0 Å². The lowest BCUT2D eigenvalue weighted by atomic mass is 9.94. The number of nitrogens with one attached hydrogen (secondary N) is 1. The van der Waals surface area contributed by atoms with Gasteiger partial charge in [0.15, 0.2) is 0 Å². The number of hydrogen-bond donors (Lipinski definition) is 2. The second-order valence-corrected chi connectivity index (χ2v) is 5.40. The van der Waals surface area contributed by atoms with Gasteiger partial charge in [-0.1, -0.05) is 17.7 Å². The van der Waals surface area contributed by atoms with Crippen molar-refractivity contribution in [2.45, 2.75) is 24.9 Å². The van der Waals surface area contributed by atoms with Crippen LogP contribution in [-0.4, -0.2) is 36.4 Å². The van der Waals surface area contributed by atoms with Gasteiger partial charge in [0.25, 0.3) is 0 Å². The number of carbonyl (C=O) groups excluding carboxylic acids is 1. The van der Waals surface area contributed by atoms with E-state index in [4.69, 9.17) is 16.3 Å². The Labute approximate surface area is 121 Å². The summed E-state index contributed by atoms with van der Waals surface area (Å²) in [7, 11) is 0. The highest BCUT2D eigenvalue weighted by atomic mass is 35.5. The van der Waals surface area contributed by atoms with Crippen LogP contribution in [0.5, 0.6) is 0 Å². The van der Waals surface area contributed by atoms with Crippen LogP contribution in [0.2, 0.25) is 5.02 Å². The fourth-order valence-corrected chi connectivity index (χ4v) is 2.35. The molecule has 1 saturated heterocycles. The Balaban J connectivity index is 1.89. The molecule has 110 valence electrons. The number of rotatable bonds is 4. The summed E-state index contributed by atoms with van der Waals surface area (Å²) in [5.41, 5.74) is -0.766. The predicted octanol–water partition coefficient (Wildman–Crippen LogP) is 1.68. The van der Waals surface area contributed by atoms with Crippen molar-refractivity contribution in [2.75, 3.05) is 19.8 Å². The van der Waals surface area contributed by atoms with Crippen LogP contribution >= 0.6 is 11.6 Å². The first kappa shape index (κ1) is 15.2. The average molecular weight is 302 g/mol. The molecular formula is C14H17ClFNO3. The smallest absolute Gasteiger partial charge is 0.224 e. The molecule has 1 aromatic rings. The van der Waals surface area contributed by atoms with E-state index in [0.29, 0.717) is 26.1 Å². The molecule has 0 spiro atoms. The molecule has 4 nitrogen and oxygen atoms in total. The zero-order valence-corrected chi connectivity index (χ0v) is 11.8. The Morgan fingerprint density at radius 1 is 1.45 bits per heavy atom. The third-order valence-corrected chi connectivity index (χ3v) is 3.79. The van der Waals surface area contributed by atoms with Crippen molar-refractivity contribution < 1.29 is 19.0 Å². The molecule has 0 atom stereocenters. The highest BCUT2D eigenvalue weighted by molar-refractivity contribution is 6.31. The van der Waals surface area contributed by atoms with Gasteiger partial charge in [-0.3, -0.25) is 4.79 Å². The molecule has 2 N–H and O–H groups in total. The summed E-state index contributed by atoms with van der Waals surface area (Å²) in [4.78, 5) is 11.8. The molecular weight excluding hydrogens is 285 g/mol. The molecule has 0 bridgehead atoms. The number of halogens is 2. The van der Waals surface area contributed by atoms with E-state index < -0.39 is 11.4 Å². The highest BCUT2D eigenvalue weighted by Gasteiger charge is 2.30. The molecule has 1 heterocycles. The number of benzene rings is 1. The quantitative estimate of drug-likeness (QED) is 0.889. The largest absolute Gasteiger partial charge is 0.388 e. The summed E-state index contributed by atoms with van der Waals surface area (Å²) in [5.74, 6) is -0.866. The van der Waals surface area contributed by atoms with Gasteiger partial charge in [0.2, 0.25) is 5.91 Å². The summed E-state index contributed by atoms with van der Waals surface area (Å²) in [6.07, 6.45) is 0.819. The van der Waals surface area contributed by atoms with E-state index in [0.717, 1.165) is 0 Å². The summed E-state index contributed by atoms with van der Waals surface area (Å²) < 4.78 is 18.7. The van der Waals surface area contributed by atoms with Crippen molar-refractivity contribution in [3.8, 4) is 0 Å². The Kier molecular flexibility index (Phi) is 4.96. The molecule has 0 radical (unpaired) electrons. The van der Waals surface area contributed by atoms with Gasteiger partial charge in [0.1, 0.15) is 5.82 Å². The fraction of sp³-hybridized carbons (Fsp3) is 0.500. The topological polar surface area (TPSA) is 58.6 Å². The summed E-state index contributed by atoms with van der Waals surface area (Å²) >= 11 is 5.86. The van der Waals surface area contributed by atoms with Gasteiger partial charge < -0.3 is 15.2 Å². The number of carbonyl (C=O) groups is 1. The molecule has 1 aliphatic rings. The third kappa shape index (κ3) is 3.91. The Bertz CT molecular complexity index is 469. The lowest BCUT2D eigenvalue weighted by Gasteiger charge is -2.32. The minimum Gasteiger partial charge on any atom is -0.388 e. The first-order chi connectivity index (χ1) is 9.50. The van der Waals surface area contributed by atoms with Gasteiger partial charge in [0, 0.05) is 43.2 Å². The number of amides is 1. The van der Waals surface area contributed by atoms with E-state index in [-0.39, 0.29) is 29.5 Å². The van der Waals surface area contributed by atoms with Gasteiger partial charge in [0.05, 0.1) is 12.0 Å². The Morgan fingerprint density at radius 2 is 2.15 bits per heavy atom. The zero-order chi connectivity index (χ0) is 14.6. The lowest BCUT2D eigenvalue weighted by Crippen LogP contribution is -2.47. The van der Waals surface area contributed by atoms with Crippen LogP contribution in [-0.2, 0) is 16.0 Å². The van der Waals surface area contributed by atoms with Crippen LogP contribution in [0.3, 0.4) is 0 Å². The van der Waals surface area contributed by atoms with E-state index in [1.807, 2.05) is 0 Å². The maximum absolute atomic E-state index is 13.6. The van der Waals surface area contributed by atoms with Gasteiger partial charge in [-0.15, -0.1) is 0 Å². The Morgan fingerprint density at radius 3 is 2.80 bits per heavy atom. The minimum absolute atomic E-state index is 0.140. The van der Waals surface area contributed by atoms with Crippen molar-refractivity contribution in [1.29, 1.82) is 0 Å².